The second kappa shape index (κ2) is 4.84. The zero-order valence-corrected chi connectivity index (χ0v) is 11.7. The highest BCUT2D eigenvalue weighted by Crippen LogP contribution is 2.43. The maximum Gasteiger partial charge on any atom is 0.418 e. The molecule has 2 N–H and O–H groups in total. The van der Waals surface area contributed by atoms with Crippen LogP contribution in [0.15, 0.2) is 36.4 Å². The summed E-state index contributed by atoms with van der Waals surface area (Å²) < 4.78 is 39.5. The van der Waals surface area contributed by atoms with Crippen molar-refractivity contribution in [3.8, 4) is 0 Å². The van der Waals surface area contributed by atoms with Crippen LogP contribution in [0, 0.1) is 0 Å². The summed E-state index contributed by atoms with van der Waals surface area (Å²) in [6.45, 7) is 0.760. The van der Waals surface area contributed by atoms with Crippen LogP contribution in [0.2, 0.25) is 5.02 Å². The van der Waals surface area contributed by atoms with E-state index in [1.807, 2.05) is 6.07 Å². The molecule has 0 fully saturated rings. The standard InChI is InChI=1S/C15H12ClF3N2/c16-13-3-1-2-12(15(17,18)19)14(13)21-7-9-4-5-11(20)6-10(9)8-21/h1-6H,7-8,20H2. The Labute approximate surface area is 124 Å². The number of halogens is 4. The Hall–Kier alpha value is -1.88. The molecule has 0 amide bonds. The second-order valence-electron chi connectivity index (χ2n) is 5.02. The highest BCUT2D eigenvalue weighted by Gasteiger charge is 2.37. The molecule has 1 aliphatic rings. The molecule has 0 spiro atoms. The third-order valence-corrected chi connectivity index (χ3v) is 3.87. The van der Waals surface area contributed by atoms with Crippen molar-refractivity contribution in [3.63, 3.8) is 0 Å². The van der Waals surface area contributed by atoms with E-state index in [1.54, 1.807) is 17.0 Å². The number of hydrogen-bond acceptors (Lipinski definition) is 2. The number of benzene rings is 2. The summed E-state index contributed by atoms with van der Waals surface area (Å²) in [5.41, 5.74) is 7.54. The van der Waals surface area contributed by atoms with Gasteiger partial charge in [-0.25, -0.2) is 0 Å². The third-order valence-electron chi connectivity index (χ3n) is 3.56. The summed E-state index contributed by atoms with van der Waals surface area (Å²) in [4.78, 5) is 1.63. The molecule has 0 saturated heterocycles. The molecule has 0 radical (unpaired) electrons. The van der Waals surface area contributed by atoms with Gasteiger partial charge in [-0.1, -0.05) is 23.7 Å². The number of nitrogens with zero attached hydrogens (tertiary/aromatic N) is 1. The molecule has 0 saturated carbocycles. The minimum Gasteiger partial charge on any atom is -0.399 e. The largest absolute Gasteiger partial charge is 0.418 e. The number of nitrogen functional groups attached to an aromatic ring is 1. The Bertz CT molecular complexity index is 698. The molecule has 0 aromatic heterocycles. The van der Waals surface area contributed by atoms with E-state index in [-0.39, 0.29) is 10.7 Å². The van der Waals surface area contributed by atoms with Gasteiger partial charge in [0.25, 0.3) is 0 Å². The predicted molar refractivity (Wildman–Crippen MR) is 77.2 cm³/mol. The van der Waals surface area contributed by atoms with Crippen LogP contribution in [0.25, 0.3) is 0 Å². The summed E-state index contributed by atoms with van der Waals surface area (Å²) >= 11 is 6.02. The summed E-state index contributed by atoms with van der Waals surface area (Å²) in [5, 5.41) is 0.102. The van der Waals surface area contributed by atoms with Crippen LogP contribution in [0.1, 0.15) is 16.7 Å². The molecule has 0 atom stereocenters. The van der Waals surface area contributed by atoms with Crippen LogP contribution < -0.4 is 10.6 Å². The van der Waals surface area contributed by atoms with E-state index in [1.165, 1.54) is 12.1 Å². The quantitative estimate of drug-likeness (QED) is 0.788. The molecule has 0 bridgehead atoms. The summed E-state index contributed by atoms with van der Waals surface area (Å²) in [6.07, 6.45) is -4.44. The zero-order valence-electron chi connectivity index (χ0n) is 10.9. The van der Waals surface area contributed by atoms with E-state index in [9.17, 15) is 13.2 Å². The molecule has 2 aromatic carbocycles. The fourth-order valence-corrected chi connectivity index (χ4v) is 2.93. The lowest BCUT2D eigenvalue weighted by atomic mass is 10.1. The number of alkyl halides is 3. The first-order valence-corrected chi connectivity index (χ1v) is 6.72. The zero-order chi connectivity index (χ0) is 15.2. The van der Waals surface area contributed by atoms with Crippen LogP contribution in [0.4, 0.5) is 24.5 Å². The Balaban J connectivity index is 2.04. The molecule has 1 heterocycles. The van der Waals surface area contributed by atoms with Crippen LogP contribution >= 0.6 is 11.6 Å². The molecule has 3 rings (SSSR count). The lowest BCUT2D eigenvalue weighted by Crippen LogP contribution is -2.20. The predicted octanol–water partition coefficient (Wildman–Crippen LogP) is 4.46. The fourth-order valence-electron chi connectivity index (χ4n) is 2.64. The summed E-state index contributed by atoms with van der Waals surface area (Å²) in [6, 6.07) is 9.23. The van der Waals surface area contributed by atoms with E-state index >= 15 is 0 Å². The molecule has 0 unspecified atom stereocenters. The molecule has 0 aliphatic carbocycles. The number of nitrogens with two attached hydrogens (primary N) is 1. The molecule has 2 aromatic rings. The molecule has 21 heavy (non-hydrogen) atoms. The highest BCUT2D eigenvalue weighted by atomic mass is 35.5. The number of fused-ring (bicyclic) bond motifs is 1. The highest BCUT2D eigenvalue weighted by molar-refractivity contribution is 6.33. The fraction of sp³-hybridized carbons (Fsp3) is 0.200. The van der Waals surface area contributed by atoms with Crippen LogP contribution in [-0.4, -0.2) is 0 Å². The number of rotatable bonds is 1. The Morgan fingerprint density at radius 3 is 2.48 bits per heavy atom. The average Bonchev–Trinajstić information content (AvgIpc) is 2.79. The first-order chi connectivity index (χ1) is 9.86. The molecular formula is C15H12ClF3N2. The van der Waals surface area contributed by atoms with E-state index < -0.39 is 11.7 Å². The molecule has 6 heteroatoms. The van der Waals surface area contributed by atoms with Crippen molar-refractivity contribution >= 4 is 23.0 Å². The Kier molecular flexibility index (Phi) is 3.24. The van der Waals surface area contributed by atoms with Crippen molar-refractivity contribution in [3.05, 3.63) is 58.1 Å². The Morgan fingerprint density at radius 1 is 1.05 bits per heavy atom. The van der Waals surface area contributed by atoms with Gasteiger partial charge in [0.05, 0.1) is 16.3 Å². The van der Waals surface area contributed by atoms with Crippen molar-refractivity contribution in [2.24, 2.45) is 0 Å². The summed E-state index contributed by atoms with van der Waals surface area (Å²) in [7, 11) is 0. The van der Waals surface area contributed by atoms with Crippen molar-refractivity contribution in [1.82, 2.24) is 0 Å². The first-order valence-electron chi connectivity index (χ1n) is 6.34. The van der Waals surface area contributed by atoms with E-state index in [4.69, 9.17) is 17.3 Å². The van der Waals surface area contributed by atoms with Gasteiger partial charge in [0.15, 0.2) is 0 Å². The molecule has 110 valence electrons. The second-order valence-corrected chi connectivity index (χ2v) is 5.43. The van der Waals surface area contributed by atoms with Gasteiger partial charge in [0.1, 0.15) is 0 Å². The maximum absolute atomic E-state index is 13.2. The third kappa shape index (κ3) is 2.53. The van der Waals surface area contributed by atoms with Crippen molar-refractivity contribution in [2.75, 3.05) is 10.6 Å². The van der Waals surface area contributed by atoms with E-state index in [0.717, 1.165) is 17.2 Å². The van der Waals surface area contributed by atoms with Crippen LogP contribution in [-0.2, 0) is 19.3 Å². The lowest BCUT2D eigenvalue weighted by Gasteiger charge is -2.24. The van der Waals surface area contributed by atoms with E-state index in [0.29, 0.717) is 18.8 Å². The van der Waals surface area contributed by atoms with Gasteiger partial charge in [-0.05, 0) is 35.4 Å². The lowest BCUT2D eigenvalue weighted by molar-refractivity contribution is -0.137. The number of para-hydroxylation sites is 1. The topological polar surface area (TPSA) is 29.3 Å². The van der Waals surface area contributed by atoms with Gasteiger partial charge in [-0.15, -0.1) is 0 Å². The smallest absolute Gasteiger partial charge is 0.399 e. The van der Waals surface area contributed by atoms with Crippen molar-refractivity contribution < 1.29 is 13.2 Å². The van der Waals surface area contributed by atoms with Crippen LogP contribution in [0.5, 0.6) is 0 Å². The van der Waals surface area contributed by atoms with Gasteiger partial charge < -0.3 is 10.6 Å². The van der Waals surface area contributed by atoms with E-state index in [2.05, 4.69) is 0 Å². The molecule has 2 nitrogen and oxygen atoms in total. The average molecular weight is 313 g/mol. The van der Waals surface area contributed by atoms with Gasteiger partial charge in [-0.2, -0.15) is 13.2 Å². The normalized spacial score (nSPS) is 14.4. The van der Waals surface area contributed by atoms with Crippen molar-refractivity contribution in [1.29, 1.82) is 0 Å². The van der Waals surface area contributed by atoms with Crippen LogP contribution in [0.3, 0.4) is 0 Å². The maximum atomic E-state index is 13.2. The monoisotopic (exact) mass is 312 g/mol. The Morgan fingerprint density at radius 2 is 1.76 bits per heavy atom. The van der Waals surface area contributed by atoms with Gasteiger partial charge >= 0.3 is 6.18 Å². The molecular weight excluding hydrogens is 301 g/mol. The van der Waals surface area contributed by atoms with Gasteiger partial charge in [0, 0.05) is 18.8 Å². The number of hydrogen-bond donors (Lipinski definition) is 1. The van der Waals surface area contributed by atoms with Gasteiger partial charge in [0.2, 0.25) is 0 Å². The SMILES string of the molecule is Nc1ccc2c(c1)CN(c1c(Cl)cccc1C(F)(F)F)C2. The number of anilines is 2. The minimum atomic E-state index is -4.44. The minimum absolute atomic E-state index is 0.0291. The van der Waals surface area contributed by atoms with Gasteiger partial charge in [-0.3, -0.25) is 0 Å². The first kappa shape index (κ1) is 14.1. The summed E-state index contributed by atoms with van der Waals surface area (Å²) in [5.74, 6) is 0. The molecule has 1 aliphatic heterocycles. The van der Waals surface area contributed by atoms with Crippen molar-refractivity contribution in [2.45, 2.75) is 19.3 Å².